The van der Waals surface area contributed by atoms with E-state index in [-0.39, 0.29) is 23.5 Å². The van der Waals surface area contributed by atoms with Crippen molar-refractivity contribution in [2.75, 3.05) is 7.05 Å². The smallest absolute Gasteiger partial charge is 0.276 e. The van der Waals surface area contributed by atoms with Gasteiger partial charge in [0.25, 0.3) is 10.0 Å². The van der Waals surface area contributed by atoms with Crippen LogP contribution in [-0.2, 0) is 16.6 Å². The Bertz CT molecular complexity index is 523. The van der Waals surface area contributed by atoms with Crippen LogP contribution in [0.4, 0.5) is 0 Å². The molecule has 0 aromatic carbocycles. The van der Waals surface area contributed by atoms with E-state index >= 15 is 0 Å². The number of nitrogens with zero attached hydrogens (tertiary/aromatic N) is 1. The van der Waals surface area contributed by atoms with Crippen molar-refractivity contribution in [1.29, 1.82) is 0 Å². The number of sulfonamides is 1. The number of hydrogen-bond donors (Lipinski definition) is 1. The predicted molar refractivity (Wildman–Crippen MR) is 71.0 cm³/mol. The first-order valence-electron chi connectivity index (χ1n) is 6.62. The van der Waals surface area contributed by atoms with Crippen LogP contribution < -0.4 is 0 Å². The summed E-state index contributed by atoms with van der Waals surface area (Å²) in [5, 5.41) is 8.85. The molecule has 1 aliphatic rings. The molecule has 0 bridgehead atoms. The maximum absolute atomic E-state index is 12.4. The van der Waals surface area contributed by atoms with Gasteiger partial charge in [-0.3, -0.25) is 0 Å². The third-order valence-corrected chi connectivity index (χ3v) is 5.63. The Balaban J connectivity index is 2.18. The van der Waals surface area contributed by atoms with E-state index in [0.29, 0.717) is 5.92 Å². The lowest BCUT2D eigenvalue weighted by molar-refractivity contribution is 0.224. The van der Waals surface area contributed by atoms with Crippen molar-refractivity contribution in [3.8, 4) is 0 Å². The van der Waals surface area contributed by atoms with E-state index in [9.17, 15) is 8.42 Å². The van der Waals surface area contributed by atoms with Gasteiger partial charge in [0, 0.05) is 13.1 Å². The van der Waals surface area contributed by atoms with E-state index in [1.165, 1.54) is 22.9 Å². The standard InChI is InChI=1S/C13H21NO4S/c1-10-4-3-5-11(8-10)14(2)19(16,17)13-7-6-12(9-15)18-13/h6-7,10-11,15H,3-5,8-9H2,1-2H3. The van der Waals surface area contributed by atoms with Crippen molar-refractivity contribution in [1.82, 2.24) is 4.31 Å². The molecule has 1 fully saturated rings. The van der Waals surface area contributed by atoms with Crippen LogP contribution in [0.3, 0.4) is 0 Å². The molecule has 5 nitrogen and oxygen atoms in total. The molecule has 1 heterocycles. The number of rotatable bonds is 4. The first kappa shape index (κ1) is 14.6. The minimum absolute atomic E-state index is 0.0384. The number of aliphatic hydroxyl groups is 1. The van der Waals surface area contributed by atoms with Gasteiger partial charge in [-0.25, -0.2) is 8.42 Å². The predicted octanol–water partition coefficient (Wildman–Crippen LogP) is 1.97. The largest absolute Gasteiger partial charge is 0.446 e. The Labute approximate surface area is 114 Å². The summed E-state index contributed by atoms with van der Waals surface area (Å²) in [6, 6.07) is 2.94. The minimum Gasteiger partial charge on any atom is -0.446 e. The van der Waals surface area contributed by atoms with Crippen molar-refractivity contribution in [3.63, 3.8) is 0 Å². The second kappa shape index (κ2) is 5.64. The van der Waals surface area contributed by atoms with Crippen molar-refractivity contribution in [2.24, 2.45) is 5.92 Å². The fraction of sp³-hybridized carbons (Fsp3) is 0.692. The fourth-order valence-corrected chi connectivity index (χ4v) is 3.97. The number of aliphatic hydroxyl groups excluding tert-OH is 1. The molecule has 6 heteroatoms. The molecule has 0 saturated heterocycles. The summed E-state index contributed by atoms with van der Waals surface area (Å²) in [5.41, 5.74) is 0. The van der Waals surface area contributed by atoms with E-state index in [2.05, 4.69) is 6.92 Å². The van der Waals surface area contributed by atoms with Gasteiger partial charge in [0.2, 0.25) is 5.09 Å². The molecule has 108 valence electrons. The SMILES string of the molecule is CC1CCCC(N(C)S(=O)(=O)c2ccc(CO)o2)C1. The van der Waals surface area contributed by atoms with Gasteiger partial charge >= 0.3 is 0 Å². The Hall–Kier alpha value is -0.850. The van der Waals surface area contributed by atoms with Crippen molar-refractivity contribution in [2.45, 2.75) is 50.3 Å². The molecule has 2 rings (SSSR count). The van der Waals surface area contributed by atoms with Crippen LogP contribution >= 0.6 is 0 Å². The Kier molecular flexibility index (Phi) is 4.32. The van der Waals surface area contributed by atoms with Gasteiger partial charge in [-0.05, 0) is 30.9 Å². The van der Waals surface area contributed by atoms with Crippen LogP contribution in [0, 0.1) is 5.92 Å². The number of furan rings is 1. The summed E-state index contributed by atoms with van der Waals surface area (Å²) in [6.07, 6.45) is 4.02. The van der Waals surface area contributed by atoms with Gasteiger partial charge in [0.1, 0.15) is 12.4 Å². The lowest BCUT2D eigenvalue weighted by atomic mass is 9.87. The highest BCUT2D eigenvalue weighted by Crippen LogP contribution is 2.30. The molecule has 1 saturated carbocycles. The van der Waals surface area contributed by atoms with Crippen LogP contribution in [0.5, 0.6) is 0 Å². The maximum Gasteiger partial charge on any atom is 0.276 e. The average Bonchev–Trinajstić information content (AvgIpc) is 2.87. The molecular weight excluding hydrogens is 266 g/mol. The monoisotopic (exact) mass is 287 g/mol. The first-order valence-corrected chi connectivity index (χ1v) is 8.06. The van der Waals surface area contributed by atoms with Gasteiger partial charge in [-0.15, -0.1) is 0 Å². The molecule has 0 amide bonds. The summed E-state index contributed by atoms with van der Waals surface area (Å²) in [4.78, 5) is 0. The molecule has 0 spiro atoms. The first-order chi connectivity index (χ1) is 8.95. The molecule has 0 radical (unpaired) electrons. The highest BCUT2D eigenvalue weighted by molar-refractivity contribution is 7.89. The van der Waals surface area contributed by atoms with Gasteiger partial charge < -0.3 is 9.52 Å². The van der Waals surface area contributed by atoms with Crippen molar-refractivity contribution < 1.29 is 17.9 Å². The lowest BCUT2D eigenvalue weighted by Crippen LogP contribution is -2.39. The second-order valence-corrected chi connectivity index (χ2v) is 7.25. The normalized spacial score (nSPS) is 24.8. The fourth-order valence-electron chi connectivity index (χ4n) is 2.65. The Morgan fingerprint density at radius 2 is 2.16 bits per heavy atom. The molecule has 1 aliphatic carbocycles. The third kappa shape index (κ3) is 3.01. The summed E-state index contributed by atoms with van der Waals surface area (Å²) in [6.45, 7) is 1.86. The van der Waals surface area contributed by atoms with Gasteiger partial charge in [-0.1, -0.05) is 19.8 Å². The number of hydrogen-bond acceptors (Lipinski definition) is 4. The van der Waals surface area contributed by atoms with E-state index < -0.39 is 10.0 Å². The van der Waals surface area contributed by atoms with Gasteiger partial charge in [0.05, 0.1) is 0 Å². The zero-order valence-corrected chi connectivity index (χ0v) is 12.2. The summed E-state index contributed by atoms with van der Waals surface area (Å²) in [7, 11) is -1.99. The minimum atomic E-state index is -3.60. The second-order valence-electron chi connectivity index (χ2n) is 5.33. The highest BCUT2D eigenvalue weighted by Gasteiger charge is 2.32. The molecule has 2 unspecified atom stereocenters. The van der Waals surface area contributed by atoms with Gasteiger partial charge in [-0.2, -0.15) is 4.31 Å². The van der Waals surface area contributed by atoms with Crippen molar-refractivity contribution in [3.05, 3.63) is 17.9 Å². The zero-order valence-electron chi connectivity index (χ0n) is 11.4. The zero-order chi connectivity index (χ0) is 14.0. The molecule has 19 heavy (non-hydrogen) atoms. The summed E-state index contributed by atoms with van der Waals surface area (Å²) < 4.78 is 31.4. The molecule has 1 N–H and O–H groups in total. The molecule has 0 aliphatic heterocycles. The average molecular weight is 287 g/mol. The third-order valence-electron chi connectivity index (χ3n) is 3.85. The Morgan fingerprint density at radius 3 is 2.74 bits per heavy atom. The molecular formula is C13H21NO4S. The van der Waals surface area contributed by atoms with Gasteiger partial charge in [0.15, 0.2) is 0 Å². The van der Waals surface area contributed by atoms with E-state index in [1.807, 2.05) is 0 Å². The molecule has 1 aromatic heterocycles. The van der Waals surface area contributed by atoms with Crippen LogP contribution in [-0.4, -0.2) is 30.9 Å². The van der Waals surface area contributed by atoms with E-state index in [4.69, 9.17) is 9.52 Å². The topological polar surface area (TPSA) is 70.8 Å². The maximum atomic E-state index is 12.4. The van der Waals surface area contributed by atoms with Crippen molar-refractivity contribution >= 4 is 10.0 Å². The summed E-state index contributed by atoms with van der Waals surface area (Å²) in [5.74, 6) is 0.824. The Morgan fingerprint density at radius 1 is 1.42 bits per heavy atom. The van der Waals surface area contributed by atoms with Crippen LogP contribution in [0.15, 0.2) is 21.6 Å². The highest BCUT2D eigenvalue weighted by atomic mass is 32.2. The molecule has 2 atom stereocenters. The lowest BCUT2D eigenvalue weighted by Gasteiger charge is -2.32. The summed E-state index contributed by atoms with van der Waals surface area (Å²) >= 11 is 0. The van der Waals surface area contributed by atoms with Crippen LogP contribution in [0.1, 0.15) is 38.4 Å². The van der Waals surface area contributed by atoms with Crippen LogP contribution in [0.2, 0.25) is 0 Å². The van der Waals surface area contributed by atoms with E-state index in [1.54, 1.807) is 7.05 Å². The van der Waals surface area contributed by atoms with E-state index in [0.717, 1.165) is 19.3 Å². The van der Waals surface area contributed by atoms with Crippen LogP contribution in [0.25, 0.3) is 0 Å². The molecule has 1 aromatic rings. The quantitative estimate of drug-likeness (QED) is 0.919.